The molecule has 0 amide bonds. The highest BCUT2D eigenvalue weighted by Gasteiger charge is 2.08. The Hall–Kier alpha value is -2.33. The van der Waals surface area contributed by atoms with Crippen molar-refractivity contribution in [3.05, 3.63) is 64.9 Å². The fourth-order valence-electron chi connectivity index (χ4n) is 1.87. The third-order valence-electron chi connectivity index (χ3n) is 2.97. The predicted molar refractivity (Wildman–Crippen MR) is 82.6 cm³/mol. The second kappa shape index (κ2) is 6.41. The molecular formula is C16H13ClFNO2. The SMILES string of the molecule is CN(c1ccc(F)cc1)c1ccc(/C=C/C(=O)O)cc1Cl. The molecule has 0 radical (unpaired) electrons. The topological polar surface area (TPSA) is 40.5 Å². The maximum atomic E-state index is 12.9. The van der Waals surface area contributed by atoms with Gasteiger partial charge in [-0.05, 0) is 48.0 Å². The summed E-state index contributed by atoms with van der Waals surface area (Å²) < 4.78 is 12.9. The Morgan fingerprint density at radius 1 is 1.24 bits per heavy atom. The summed E-state index contributed by atoms with van der Waals surface area (Å²) in [4.78, 5) is 12.3. The van der Waals surface area contributed by atoms with E-state index in [1.165, 1.54) is 18.2 Å². The Morgan fingerprint density at radius 3 is 2.48 bits per heavy atom. The maximum Gasteiger partial charge on any atom is 0.328 e. The number of carbonyl (C=O) groups is 1. The van der Waals surface area contributed by atoms with E-state index in [1.54, 1.807) is 30.3 Å². The van der Waals surface area contributed by atoms with Gasteiger partial charge in [0.05, 0.1) is 10.7 Å². The first-order valence-electron chi connectivity index (χ1n) is 6.17. The average Bonchev–Trinajstić information content (AvgIpc) is 2.45. The average molecular weight is 306 g/mol. The highest BCUT2D eigenvalue weighted by Crippen LogP contribution is 2.31. The predicted octanol–water partition coefficient (Wildman–Crippen LogP) is 4.34. The molecule has 0 fully saturated rings. The number of aliphatic carboxylic acids is 1. The lowest BCUT2D eigenvalue weighted by molar-refractivity contribution is -0.131. The van der Waals surface area contributed by atoms with Crippen LogP contribution in [0.15, 0.2) is 48.5 Å². The first-order valence-corrected chi connectivity index (χ1v) is 6.55. The minimum Gasteiger partial charge on any atom is -0.478 e. The van der Waals surface area contributed by atoms with Gasteiger partial charge < -0.3 is 10.0 Å². The molecule has 0 spiro atoms. The molecule has 0 atom stereocenters. The first-order chi connectivity index (χ1) is 9.97. The lowest BCUT2D eigenvalue weighted by Crippen LogP contribution is -2.09. The van der Waals surface area contributed by atoms with Gasteiger partial charge in [0.15, 0.2) is 0 Å². The van der Waals surface area contributed by atoms with Gasteiger partial charge in [0.25, 0.3) is 0 Å². The van der Waals surface area contributed by atoms with Crippen LogP contribution in [0, 0.1) is 5.82 Å². The number of halogens is 2. The summed E-state index contributed by atoms with van der Waals surface area (Å²) in [6.45, 7) is 0. The molecule has 2 aromatic carbocycles. The Kier molecular flexibility index (Phi) is 4.60. The van der Waals surface area contributed by atoms with Crippen LogP contribution in [0.5, 0.6) is 0 Å². The number of benzene rings is 2. The Bertz CT molecular complexity index is 683. The summed E-state index contributed by atoms with van der Waals surface area (Å²) in [5, 5.41) is 9.08. The van der Waals surface area contributed by atoms with Crippen LogP contribution in [0.1, 0.15) is 5.56 Å². The molecule has 21 heavy (non-hydrogen) atoms. The molecule has 0 unspecified atom stereocenters. The summed E-state index contributed by atoms with van der Waals surface area (Å²) in [5.74, 6) is -1.31. The van der Waals surface area contributed by atoms with Crippen LogP contribution in [-0.4, -0.2) is 18.1 Å². The fraction of sp³-hybridized carbons (Fsp3) is 0.0625. The van der Waals surface area contributed by atoms with Crippen molar-refractivity contribution in [2.24, 2.45) is 0 Å². The van der Waals surface area contributed by atoms with Gasteiger partial charge in [0, 0.05) is 18.8 Å². The van der Waals surface area contributed by atoms with E-state index in [0.29, 0.717) is 10.6 Å². The van der Waals surface area contributed by atoms with Crippen molar-refractivity contribution < 1.29 is 14.3 Å². The standard InChI is InChI=1S/C16H13ClFNO2/c1-19(13-6-4-12(18)5-7-13)15-8-2-11(10-14(15)17)3-9-16(20)21/h2-10H,1H3,(H,20,21)/b9-3+. The van der Waals surface area contributed by atoms with E-state index in [4.69, 9.17) is 16.7 Å². The van der Waals surface area contributed by atoms with Crippen molar-refractivity contribution in [3.63, 3.8) is 0 Å². The molecule has 108 valence electrons. The van der Waals surface area contributed by atoms with E-state index in [2.05, 4.69) is 0 Å². The number of carboxylic acid groups (broad SMARTS) is 1. The number of anilines is 2. The number of carboxylic acids is 1. The summed E-state index contributed by atoms with van der Waals surface area (Å²) in [6, 6.07) is 11.3. The van der Waals surface area contributed by atoms with Crippen molar-refractivity contribution in [1.29, 1.82) is 0 Å². The zero-order chi connectivity index (χ0) is 15.4. The van der Waals surface area contributed by atoms with Gasteiger partial charge >= 0.3 is 5.97 Å². The van der Waals surface area contributed by atoms with E-state index < -0.39 is 5.97 Å². The molecule has 0 aliphatic carbocycles. The molecule has 3 nitrogen and oxygen atoms in total. The molecule has 2 aromatic rings. The second-order valence-electron chi connectivity index (χ2n) is 4.42. The Balaban J connectivity index is 2.28. The van der Waals surface area contributed by atoms with Crippen LogP contribution < -0.4 is 4.90 Å². The fourth-order valence-corrected chi connectivity index (χ4v) is 2.19. The quantitative estimate of drug-likeness (QED) is 0.854. The third-order valence-corrected chi connectivity index (χ3v) is 3.27. The molecule has 0 saturated heterocycles. The smallest absolute Gasteiger partial charge is 0.328 e. The lowest BCUT2D eigenvalue weighted by Gasteiger charge is -2.21. The van der Waals surface area contributed by atoms with Crippen LogP contribution in [-0.2, 0) is 4.79 Å². The lowest BCUT2D eigenvalue weighted by atomic mass is 10.1. The van der Waals surface area contributed by atoms with Gasteiger partial charge in [0.1, 0.15) is 5.82 Å². The van der Waals surface area contributed by atoms with Crippen molar-refractivity contribution in [2.75, 3.05) is 11.9 Å². The zero-order valence-corrected chi connectivity index (χ0v) is 12.0. The van der Waals surface area contributed by atoms with E-state index in [9.17, 15) is 9.18 Å². The summed E-state index contributed by atoms with van der Waals surface area (Å²) in [7, 11) is 1.82. The highest BCUT2D eigenvalue weighted by atomic mass is 35.5. The van der Waals surface area contributed by atoms with Crippen molar-refractivity contribution >= 4 is 35.0 Å². The van der Waals surface area contributed by atoms with Gasteiger partial charge in [-0.25, -0.2) is 9.18 Å². The van der Waals surface area contributed by atoms with E-state index in [-0.39, 0.29) is 5.82 Å². The molecule has 0 bridgehead atoms. The third kappa shape index (κ3) is 3.83. The first kappa shape index (κ1) is 15.1. The molecule has 2 rings (SSSR count). The largest absolute Gasteiger partial charge is 0.478 e. The van der Waals surface area contributed by atoms with Crippen molar-refractivity contribution in [2.45, 2.75) is 0 Å². The van der Waals surface area contributed by atoms with Crippen molar-refractivity contribution in [1.82, 2.24) is 0 Å². The number of rotatable bonds is 4. The van der Waals surface area contributed by atoms with Crippen LogP contribution in [0.3, 0.4) is 0 Å². The molecular weight excluding hydrogens is 293 g/mol. The van der Waals surface area contributed by atoms with Crippen molar-refractivity contribution in [3.8, 4) is 0 Å². The minimum absolute atomic E-state index is 0.299. The number of nitrogens with zero attached hydrogens (tertiary/aromatic N) is 1. The molecule has 1 N–H and O–H groups in total. The second-order valence-corrected chi connectivity index (χ2v) is 4.83. The Labute approximate surface area is 126 Å². The normalized spacial score (nSPS) is 10.8. The molecule has 0 aliphatic heterocycles. The van der Waals surface area contributed by atoms with E-state index >= 15 is 0 Å². The Morgan fingerprint density at radius 2 is 1.90 bits per heavy atom. The van der Waals surface area contributed by atoms with Gasteiger partial charge in [0.2, 0.25) is 0 Å². The maximum absolute atomic E-state index is 12.9. The molecule has 0 heterocycles. The minimum atomic E-state index is -1.02. The summed E-state index contributed by atoms with van der Waals surface area (Å²) in [5.41, 5.74) is 2.24. The van der Waals surface area contributed by atoms with Gasteiger partial charge in [-0.2, -0.15) is 0 Å². The summed E-state index contributed by atoms with van der Waals surface area (Å²) >= 11 is 6.22. The number of hydrogen-bond donors (Lipinski definition) is 1. The van der Waals surface area contributed by atoms with E-state index in [1.807, 2.05) is 11.9 Å². The molecule has 0 aliphatic rings. The highest BCUT2D eigenvalue weighted by molar-refractivity contribution is 6.33. The van der Waals surface area contributed by atoms with Crippen LogP contribution in [0.25, 0.3) is 6.08 Å². The monoisotopic (exact) mass is 305 g/mol. The van der Waals surface area contributed by atoms with Gasteiger partial charge in [-0.3, -0.25) is 0 Å². The molecule has 5 heteroatoms. The van der Waals surface area contributed by atoms with Crippen LogP contribution >= 0.6 is 11.6 Å². The van der Waals surface area contributed by atoms with Crippen LogP contribution in [0.2, 0.25) is 5.02 Å². The van der Waals surface area contributed by atoms with Gasteiger partial charge in [-0.1, -0.05) is 17.7 Å². The molecule has 0 saturated carbocycles. The van der Waals surface area contributed by atoms with Crippen LogP contribution in [0.4, 0.5) is 15.8 Å². The molecule has 0 aromatic heterocycles. The van der Waals surface area contributed by atoms with Gasteiger partial charge in [-0.15, -0.1) is 0 Å². The number of hydrogen-bond acceptors (Lipinski definition) is 2. The zero-order valence-electron chi connectivity index (χ0n) is 11.3. The van der Waals surface area contributed by atoms with E-state index in [0.717, 1.165) is 17.5 Å². The summed E-state index contributed by atoms with van der Waals surface area (Å²) in [6.07, 6.45) is 2.52.